The minimum absolute atomic E-state index is 0.134. The third-order valence-corrected chi connectivity index (χ3v) is 3.99. The van der Waals surface area contributed by atoms with Crippen molar-refractivity contribution in [3.05, 3.63) is 57.6 Å². The second kappa shape index (κ2) is 7.11. The van der Waals surface area contributed by atoms with E-state index >= 15 is 0 Å². The van der Waals surface area contributed by atoms with E-state index in [1.807, 2.05) is 12.1 Å². The second-order valence-corrected chi connectivity index (χ2v) is 5.96. The molecule has 0 aromatic heterocycles. The van der Waals surface area contributed by atoms with Crippen molar-refractivity contribution in [3.8, 4) is 11.5 Å². The van der Waals surface area contributed by atoms with Gasteiger partial charge in [0.05, 0.1) is 5.02 Å². The summed E-state index contributed by atoms with van der Waals surface area (Å²) in [7, 11) is 0. The quantitative estimate of drug-likeness (QED) is 0.912. The zero-order valence-corrected chi connectivity index (χ0v) is 13.8. The number of fused-ring (bicyclic) bond motifs is 1. The topological polar surface area (TPSA) is 47.6 Å². The summed E-state index contributed by atoms with van der Waals surface area (Å²) in [6.07, 6.45) is 0.649. The molecule has 2 aromatic rings. The van der Waals surface area contributed by atoms with Gasteiger partial charge in [0.25, 0.3) is 5.91 Å². The van der Waals surface area contributed by atoms with E-state index in [9.17, 15) is 4.79 Å². The van der Waals surface area contributed by atoms with E-state index in [0.29, 0.717) is 53.3 Å². The summed E-state index contributed by atoms with van der Waals surface area (Å²) in [6.45, 7) is 1.51. The van der Waals surface area contributed by atoms with Crippen LogP contribution in [0.5, 0.6) is 11.5 Å². The Morgan fingerprint density at radius 3 is 2.61 bits per heavy atom. The van der Waals surface area contributed by atoms with Crippen molar-refractivity contribution in [2.24, 2.45) is 0 Å². The predicted octanol–water partition coefficient (Wildman–Crippen LogP) is 3.74. The lowest BCUT2D eigenvalue weighted by molar-refractivity contribution is 0.0954. The molecule has 0 atom stereocenters. The highest BCUT2D eigenvalue weighted by atomic mass is 35.5. The molecule has 1 heterocycles. The molecule has 4 nitrogen and oxygen atoms in total. The van der Waals surface area contributed by atoms with Crippen LogP contribution in [0.25, 0.3) is 0 Å². The number of rotatable bonds is 4. The average Bonchev–Trinajstić information content (AvgIpc) is 2.55. The number of hydrogen-bond donors (Lipinski definition) is 1. The lowest BCUT2D eigenvalue weighted by Gasteiger charge is -2.20. The van der Waals surface area contributed by atoms with E-state index in [2.05, 4.69) is 5.32 Å². The summed E-state index contributed by atoms with van der Waals surface area (Å²) in [5, 5.41) is 4.00. The van der Waals surface area contributed by atoms with Gasteiger partial charge < -0.3 is 14.8 Å². The van der Waals surface area contributed by atoms with Gasteiger partial charge in [-0.2, -0.15) is 0 Å². The van der Waals surface area contributed by atoms with Crippen molar-refractivity contribution >= 4 is 29.1 Å². The SMILES string of the molecule is O=C(NCCc1cc(Cl)c2c(c1)OCCO2)c1ccc(Cl)cc1. The minimum Gasteiger partial charge on any atom is -0.486 e. The lowest BCUT2D eigenvalue weighted by atomic mass is 10.1. The van der Waals surface area contributed by atoms with Gasteiger partial charge in [0.1, 0.15) is 13.2 Å². The largest absolute Gasteiger partial charge is 0.486 e. The molecule has 0 saturated heterocycles. The van der Waals surface area contributed by atoms with Crippen molar-refractivity contribution in [2.45, 2.75) is 6.42 Å². The number of carbonyl (C=O) groups is 1. The Morgan fingerprint density at radius 1 is 1.09 bits per heavy atom. The van der Waals surface area contributed by atoms with Crippen LogP contribution in [0.15, 0.2) is 36.4 Å². The highest BCUT2D eigenvalue weighted by Crippen LogP contribution is 2.38. The Labute approximate surface area is 144 Å². The van der Waals surface area contributed by atoms with Crippen molar-refractivity contribution in [3.63, 3.8) is 0 Å². The molecule has 0 radical (unpaired) electrons. The molecular formula is C17H15Cl2NO3. The summed E-state index contributed by atoms with van der Waals surface area (Å²) in [4.78, 5) is 12.0. The van der Waals surface area contributed by atoms with Crippen LogP contribution in [0.1, 0.15) is 15.9 Å². The Hall–Kier alpha value is -1.91. The molecule has 0 bridgehead atoms. The number of carbonyl (C=O) groups excluding carboxylic acids is 1. The van der Waals surface area contributed by atoms with Crippen LogP contribution in [0.2, 0.25) is 10.0 Å². The van der Waals surface area contributed by atoms with Gasteiger partial charge >= 0.3 is 0 Å². The second-order valence-electron chi connectivity index (χ2n) is 5.11. The summed E-state index contributed by atoms with van der Waals surface area (Å²) >= 11 is 12.0. The van der Waals surface area contributed by atoms with Gasteiger partial charge in [-0.25, -0.2) is 0 Å². The minimum atomic E-state index is -0.134. The third kappa shape index (κ3) is 3.89. The van der Waals surface area contributed by atoms with E-state index in [1.54, 1.807) is 24.3 Å². The molecule has 1 amide bonds. The van der Waals surface area contributed by atoms with Crippen LogP contribution in [0.3, 0.4) is 0 Å². The summed E-state index contributed by atoms with van der Waals surface area (Å²) < 4.78 is 11.0. The van der Waals surface area contributed by atoms with Crippen molar-refractivity contribution in [1.82, 2.24) is 5.32 Å². The molecule has 0 spiro atoms. The number of nitrogens with one attached hydrogen (secondary N) is 1. The van der Waals surface area contributed by atoms with E-state index in [4.69, 9.17) is 32.7 Å². The molecule has 6 heteroatoms. The van der Waals surface area contributed by atoms with Gasteiger partial charge in [0.15, 0.2) is 11.5 Å². The van der Waals surface area contributed by atoms with Crippen molar-refractivity contribution in [2.75, 3.05) is 19.8 Å². The molecule has 23 heavy (non-hydrogen) atoms. The number of amides is 1. The molecule has 0 saturated carbocycles. The standard InChI is InChI=1S/C17H15Cl2NO3/c18-13-3-1-12(2-4-13)17(21)20-6-5-11-9-14(19)16-15(10-11)22-7-8-23-16/h1-4,9-10H,5-8H2,(H,20,21). The van der Waals surface area contributed by atoms with Gasteiger partial charge in [-0.05, 0) is 48.4 Å². The molecule has 2 aromatic carbocycles. The van der Waals surface area contributed by atoms with E-state index in [-0.39, 0.29) is 5.91 Å². The normalized spacial score (nSPS) is 12.8. The highest BCUT2D eigenvalue weighted by molar-refractivity contribution is 6.32. The number of benzene rings is 2. The fourth-order valence-electron chi connectivity index (χ4n) is 2.33. The lowest BCUT2D eigenvalue weighted by Crippen LogP contribution is -2.25. The number of ether oxygens (including phenoxy) is 2. The first-order chi connectivity index (χ1) is 11.1. The van der Waals surface area contributed by atoms with Crippen molar-refractivity contribution < 1.29 is 14.3 Å². The van der Waals surface area contributed by atoms with Gasteiger partial charge in [-0.15, -0.1) is 0 Å². The fraction of sp³-hybridized carbons (Fsp3) is 0.235. The summed E-state index contributed by atoms with van der Waals surface area (Å²) in [5.74, 6) is 1.11. The highest BCUT2D eigenvalue weighted by Gasteiger charge is 2.16. The first-order valence-corrected chi connectivity index (χ1v) is 8.01. The van der Waals surface area contributed by atoms with E-state index in [1.165, 1.54) is 0 Å². The number of halogens is 2. The molecular weight excluding hydrogens is 337 g/mol. The molecule has 1 N–H and O–H groups in total. The molecule has 0 unspecified atom stereocenters. The average molecular weight is 352 g/mol. The monoisotopic (exact) mass is 351 g/mol. The Bertz CT molecular complexity index is 717. The predicted molar refractivity (Wildman–Crippen MR) is 89.9 cm³/mol. The Kier molecular flexibility index (Phi) is 4.94. The molecule has 1 aliphatic heterocycles. The fourth-order valence-corrected chi connectivity index (χ4v) is 2.75. The maximum absolute atomic E-state index is 12.0. The Morgan fingerprint density at radius 2 is 1.83 bits per heavy atom. The number of hydrogen-bond acceptors (Lipinski definition) is 3. The van der Waals surface area contributed by atoms with E-state index < -0.39 is 0 Å². The molecule has 0 fully saturated rings. The summed E-state index contributed by atoms with van der Waals surface area (Å²) in [5.41, 5.74) is 1.56. The van der Waals surface area contributed by atoms with E-state index in [0.717, 1.165) is 5.56 Å². The van der Waals surface area contributed by atoms with Crippen LogP contribution in [-0.2, 0) is 6.42 Å². The maximum atomic E-state index is 12.0. The smallest absolute Gasteiger partial charge is 0.251 e. The zero-order valence-electron chi connectivity index (χ0n) is 12.3. The van der Waals surface area contributed by atoms with Crippen LogP contribution >= 0.6 is 23.2 Å². The van der Waals surface area contributed by atoms with Gasteiger partial charge in [0, 0.05) is 17.1 Å². The Balaban J connectivity index is 1.59. The van der Waals surface area contributed by atoms with Crippen LogP contribution in [0.4, 0.5) is 0 Å². The van der Waals surface area contributed by atoms with Crippen LogP contribution in [0, 0.1) is 0 Å². The summed E-state index contributed by atoms with van der Waals surface area (Å²) in [6, 6.07) is 10.5. The van der Waals surface area contributed by atoms with Crippen molar-refractivity contribution in [1.29, 1.82) is 0 Å². The van der Waals surface area contributed by atoms with Crippen LogP contribution < -0.4 is 14.8 Å². The third-order valence-electron chi connectivity index (χ3n) is 3.46. The molecule has 1 aliphatic rings. The first-order valence-electron chi connectivity index (χ1n) is 7.25. The van der Waals surface area contributed by atoms with Gasteiger partial charge in [-0.1, -0.05) is 23.2 Å². The van der Waals surface area contributed by atoms with Gasteiger partial charge in [0.2, 0.25) is 0 Å². The first kappa shape index (κ1) is 16.0. The maximum Gasteiger partial charge on any atom is 0.251 e. The van der Waals surface area contributed by atoms with Crippen LogP contribution in [-0.4, -0.2) is 25.7 Å². The molecule has 0 aliphatic carbocycles. The van der Waals surface area contributed by atoms with Gasteiger partial charge in [-0.3, -0.25) is 4.79 Å². The zero-order chi connectivity index (χ0) is 16.2. The molecule has 120 valence electrons. The molecule has 3 rings (SSSR count).